The minimum atomic E-state index is -1.15. The standard InChI is InChI=1S/C33H27F4N3O4/c34-23-8-6-21(7-9-23)19-40-20-22(14-26-28(36)16-24(35)17-29(26)37)15-27(32(40)43)30(41)18-31(42)33(44)39-12-10-38(11-13-39)25-4-2-1-3-5-25/h1-9,15-18,20,41H,10-14,19H2/b30-18-. The number of pyridine rings is 1. The van der Waals surface area contributed by atoms with Crippen LogP contribution in [0.4, 0.5) is 23.2 Å². The molecule has 0 radical (unpaired) electrons. The molecule has 0 aliphatic carbocycles. The molecule has 0 saturated carbocycles. The SMILES string of the molecule is O=C(/C=C(\O)c1cc(Cc2c(F)cc(F)cc2F)cn(Cc2ccc(F)cc2)c1=O)C(=O)N1CCN(c2ccccc2)CC1. The largest absolute Gasteiger partial charge is 0.507 e. The van der Waals surface area contributed by atoms with E-state index in [-0.39, 0.29) is 25.2 Å². The number of aliphatic hydroxyl groups excluding tert-OH is 1. The van der Waals surface area contributed by atoms with Crippen molar-refractivity contribution in [2.24, 2.45) is 0 Å². The molecule has 3 aromatic carbocycles. The first-order valence-corrected chi connectivity index (χ1v) is 13.7. The molecule has 2 heterocycles. The number of aliphatic hydroxyl groups is 1. The maximum atomic E-state index is 14.4. The normalized spacial score (nSPS) is 13.7. The van der Waals surface area contributed by atoms with Gasteiger partial charge in [-0.2, -0.15) is 0 Å². The number of halogens is 4. The summed E-state index contributed by atoms with van der Waals surface area (Å²) in [6.07, 6.45) is 1.51. The number of hydrogen-bond donors (Lipinski definition) is 1. The highest BCUT2D eigenvalue weighted by atomic mass is 19.1. The Labute approximate surface area is 249 Å². The fourth-order valence-electron chi connectivity index (χ4n) is 5.05. The monoisotopic (exact) mass is 605 g/mol. The number of piperazine rings is 1. The number of amides is 1. The van der Waals surface area contributed by atoms with Gasteiger partial charge in [0.25, 0.3) is 11.5 Å². The maximum absolute atomic E-state index is 14.4. The van der Waals surface area contributed by atoms with E-state index in [0.717, 1.165) is 16.3 Å². The van der Waals surface area contributed by atoms with Gasteiger partial charge >= 0.3 is 0 Å². The van der Waals surface area contributed by atoms with Gasteiger partial charge in [0, 0.05) is 68.3 Å². The van der Waals surface area contributed by atoms with Crippen molar-refractivity contribution >= 4 is 23.1 Å². The van der Waals surface area contributed by atoms with Crippen molar-refractivity contribution in [2.75, 3.05) is 31.1 Å². The minimum Gasteiger partial charge on any atom is -0.507 e. The van der Waals surface area contributed by atoms with Crippen molar-refractivity contribution in [3.63, 3.8) is 0 Å². The molecular formula is C33H27F4N3O4. The Balaban J connectivity index is 1.41. The van der Waals surface area contributed by atoms with Crippen LogP contribution in [0.15, 0.2) is 89.9 Å². The summed E-state index contributed by atoms with van der Waals surface area (Å²) in [6, 6.07) is 17.0. The van der Waals surface area contributed by atoms with E-state index < -0.39 is 63.8 Å². The van der Waals surface area contributed by atoms with Gasteiger partial charge in [-0.3, -0.25) is 14.4 Å². The Morgan fingerprint density at radius 3 is 2.07 bits per heavy atom. The lowest BCUT2D eigenvalue weighted by Crippen LogP contribution is -2.50. The summed E-state index contributed by atoms with van der Waals surface area (Å²) in [7, 11) is 0. The van der Waals surface area contributed by atoms with Gasteiger partial charge in [-0.15, -0.1) is 0 Å². The van der Waals surface area contributed by atoms with Crippen LogP contribution in [0.5, 0.6) is 0 Å². The molecule has 1 aromatic heterocycles. The van der Waals surface area contributed by atoms with Gasteiger partial charge in [0.05, 0.1) is 12.1 Å². The molecule has 11 heteroatoms. The van der Waals surface area contributed by atoms with E-state index in [9.17, 15) is 37.1 Å². The predicted molar refractivity (Wildman–Crippen MR) is 156 cm³/mol. The van der Waals surface area contributed by atoms with Crippen LogP contribution in [0.3, 0.4) is 0 Å². The fraction of sp³-hybridized carbons (Fsp3) is 0.182. The van der Waals surface area contributed by atoms with Crippen molar-refractivity contribution in [1.82, 2.24) is 9.47 Å². The molecule has 7 nitrogen and oxygen atoms in total. The van der Waals surface area contributed by atoms with Crippen molar-refractivity contribution < 1.29 is 32.3 Å². The number of anilines is 1. The zero-order valence-electron chi connectivity index (χ0n) is 23.4. The van der Waals surface area contributed by atoms with Crippen LogP contribution in [0.25, 0.3) is 5.76 Å². The van der Waals surface area contributed by atoms with E-state index in [1.165, 1.54) is 35.4 Å². The Kier molecular flexibility index (Phi) is 8.94. The van der Waals surface area contributed by atoms with E-state index in [1.54, 1.807) is 0 Å². The molecular weight excluding hydrogens is 578 g/mol. The van der Waals surface area contributed by atoms with Crippen LogP contribution < -0.4 is 10.5 Å². The predicted octanol–water partition coefficient (Wildman–Crippen LogP) is 4.86. The minimum absolute atomic E-state index is 0.111. The lowest BCUT2D eigenvalue weighted by atomic mass is 10.0. The maximum Gasteiger partial charge on any atom is 0.294 e. The van der Waals surface area contributed by atoms with Gasteiger partial charge in [-0.05, 0) is 41.5 Å². The van der Waals surface area contributed by atoms with Crippen LogP contribution in [0.2, 0.25) is 0 Å². The van der Waals surface area contributed by atoms with Gasteiger partial charge in [-0.1, -0.05) is 30.3 Å². The van der Waals surface area contributed by atoms with E-state index in [0.29, 0.717) is 36.9 Å². The number of benzene rings is 3. The second-order valence-corrected chi connectivity index (χ2v) is 10.4. The molecule has 1 aliphatic rings. The quantitative estimate of drug-likeness (QED) is 0.134. The van der Waals surface area contributed by atoms with Crippen LogP contribution in [0, 0.1) is 23.3 Å². The Bertz CT molecular complexity index is 1760. The summed E-state index contributed by atoms with van der Waals surface area (Å²) in [5, 5.41) is 10.9. The summed E-state index contributed by atoms with van der Waals surface area (Å²) in [4.78, 5) is 42.6. The molecule has 4 aromatic rings. The molecule has 0 spiro atoms. The number of ketones is 1. The van der Waals surface area contributed by atoms with Gasteiger partial charge in [0.15, 0.2) is 0 Å². The summed E-state index contributed by atoms with van der Waals surface area (Å²) < 4.78 is 56.9. The molecule has 1 saturated heterocycles. The number of hydrogen-bond acceptors (Lipinski definition) is 5. The van der Waals surface area contributed by atoms with Gasteiger partial charge in [0.1, 0.15) is 29.0 Å². The van der Waals surface area contributed by atoms with Crippen LogP contribution in [0.1, 0.15) is 22.3 Å². The van der Waals surface area contributed by atoms with E-state index in [1.807, 2.05) is 30.3 Å². The average Bonchev–Trinajstić information content (AvgIpc) is 3.01. The number of para-hydroxylation sites is 1. The second-order valence-electron chi connectivity index (χ2n) is 10.4. The number of carbonyl (C=O) groups excluding carboxylic acids is 2. The van der Waals surface area contributed by atoms with Crippen molar-refractivity contribution in [1.29, 1.82) is 0 Å². The van der Waals surface area contributed by atoms with E-state index in [2.05, 4.69) is 4.90 Å². The zero-order valence-corrected chi connectivity index (χ0v) is 23.4. The number of nitrogens with zero attached hydrogens (tertiary/aromatic N) is 3. The van der Waals surface area contributed by atoms with Gasteiger partial charge < -0.3 is 19.5 Å². The smallest absolute Gasteiger partial charge is 0.294 e. The molecule has 44 heavy (non-hydrogen) atoms. The molecule has 0 unspecified atom stereocenters. The number of rotatable bonds is 8. The first kappa shape index (κ1) is 30.3. The highest BCUT2D eigenvalue weighted by Crippen LogP contribution is 2.21. The third-order valence-electron chi connectivity index (χ3n) is 7.34. The van der Waals surface area contributed by atoms with Crippen molar-refractivity contribution in [3.05, 3.63) is 141 Å². The first-order chi connectivity index (χ1) is 21.1. The molecule has 5 rings (SSSR count). The number of aromatic nitrogens is 1. The molecule has 226 valence electrons. The zero-order chi connectivity index (χ0) is 31.4. The van der Waals surface area contributed by atoms with Gasteiger partial charge in [-0.25, -0.2) is 17.6 Å². The second kappa shape index (κ2) is 13.0. The average molecular weight is 606 g/mol. The van der Waals surface area contributed by atoms with Crippen molar-refractivity contribution in [3.8, 4) is 0 Å². The number of carbonyl (C=O) groups is 2. The highest BCUT2D eigenvalue weighted by Gasteiger charge is 2.26. The first-order valence-electron chi connectivity index (χ1n) is 13.7. The molecule has 0 bridgehead atoms. The van der Waals surface area contributed by atoms with Crippen LogP contribution >= 0.6 is 0 Å². The lowest BCUT2D eigenvalue weighted by molar-refractivity contribution is -0.142. The Morgan fingerprint density at radius 1 is 0.795 bits per heavy atom. The van der Waals surface area contributed by atoms with Crippen LogP contribution in [-0.4, -0.2) is 52.4 Å². The summed E-state index contributed by atoms with van der Waals surface area (Å²) in [5.74, 6) is -6.62. The molecule has 1 amide bonds. The summed E-state index contributed by atoms with van der Waals surface area (Å²) in [6.45, 7) is 1.41. The topological polar surface area (TPSA) is 82.8 Å². The van der Waals surface area contributed by atoms with Crippen LogP contribution in [-0.2, 0) is 22.6 Å². The molecule has 0 atom stereocenters. The van der Waals surface area contributed by atoms with E-state index in [4.69, 9.17) is 0 Å². The van der Waals surface area contributed by atoms with Crippen molar-refractivity contribution in [2.45, 2.75) is 13.0 Å². The third kappa shape index (κ3) is 6.88. The Hall–Kier alpha value is -5.19. The lowest BCUT2D eigenvalue weighted by Gasteiger charge is -2.35. The highest BCUT2D eigenvalue weighted by molar-refractivity contribution is 6.41. The Morgan fingerprint density at radius 2 is 1.43 bits per heavy atom. The molecule has 1 N–H and O–H groups in total. The molecule has 1 fully saturated rings. The molecule has 1 aliphatic heterocycles. The third-order valence-corrected chi connectivity index (χ3v) is 7.34. The summed E-state index contributed by atoms with van der Waals surface area (Å²) in [5.41, 5.74) is -0.0254. The fourth-order valence-corrected chi connectivity index (χ4v) is 5.05. The van der Waals surface area contributed by atoms with E-state index >= 15 is 0 Å². The van der Waals surface area contributed by atoms with Gasteiger partial charge in [0.2, 0.25) is 5.78 Å². The summed E-state index contributed by atoms with van der Waals surface area (Å²) >= 11 is 0.